The maximum absolute atomic E-state index is 12.1. The molecule has 2 aromatic rings. The third kappa shape index (κ3) is 5.22. The Morgan fingerprint density at radius 2 is 1.81 bits per heavy atom. The number of benzene rings is 2. The molecule has 2 N–H and O–H groups in total. The van der Waals surface area contributed by atoms with Gasteiger partial charge in [0, 0.05) is 0 Å². The van der Waals surface area contributed by atoms with Crippen molar-refractivity contribution in [2.45, 2.75) is 6.42 Å². The second-order valence-corrected chi connectivity index (χ2v) is 5.40. The molecule has 7 nitrogen and oxygen atoms in total. The van der Waals surface area contributed by atoms with Crippen LogP contribution in [0.3, 0.4) is 0 Å². The average Bonchev–Trinajstić information content (AvgIpc) is 2.65. The zero-order chi connectivity index (χ0) is 18.9. The van der Waals surface area contributed by atoms with E-state index in [0.29, 0.717) is 13.0 Å². The molecule has 0 unspecified atom stereocenters. The molecule has 0 aliphatic heterocycles. The van der Waals surface area contributed by atoms with Crippen LogP contribution in [0.5, 0.6) is 11.5 Å². The Hall–Kier alpha value is -3.06. The smallest absolute Gasteiger partial charge is 0.335 e. The summed E-state index contributed by atoms with van der Waals surface area (Å²) in [4.78, 5) is 23.3. The number of rotatable bonds is 9. The summed E-state index contributed by atoms with van der Waals surface area (Å²) in [6, 6.07) is 12.4. The highest BCUT2D eigenvalue weighted by molar-refractivity contribution is 5.97. The highest BCUT2D eigenvalue weighted by Gasteiger charge is 2.17. The summed E-state index contributed by atoms with van der Waals surface area (Å²) < 4.78 is 15.7. The molecule has 0 aliphatic rings. The van der Waals surface area contributed by atoms with Crippen molar-refractivity contribution in [3.63, 3.8) is 0 Å². The number of carbonyl (C=O) groups excluding carboxylic acids is 1. The Balaban J connectivity index is 1.96. The standard InChI is InChI=1S/C19H21NO6/c1-24-16-11-14(19(22)23)10-15(18(16)25-2)20-17(21)12-26-9-8-13-6-4-3-5-7-13/h3-7,10-11H,8-9,12H2,1-2H3,(H,20,21)(H,22,23). The van der Waals surface area contributed by atoms with E-state index in [2.05, 4.69) is 5.32 Å². The number of anilines is 1. The molecular formula is C19H21NO6. The largest absolute Gasteiger partial charge is 0.493 e. The number of nitrogens with one attached hydrogen (secondary N) is 1. The minimum absolute atomic E-state index is 0.0251. The van der Waals surface area contributed by atoms with Crippen LogP contribution >= 0.6 is 0 Å². The zero-order valence-corrected chi connectivity index (χ0v) is 14.7. The molecule has 0 aromatic heterocycles. The Kier molecular flexibility index (Phi) is 6.99. The molecule has 1 amide bonds. The average molecular weight is 359 g/mol. The lowest BCUT2D eigenvalue weighted by Crippen LogP contribution is -2.20. The van der Waals surface area contributed by atoms with E-state index < -0.39 is 11.9 Å². The van der Waals surface area contributed by atoms with E-state index in [1.54, 1.807) is 0 Å². The van der Waals surface area contributed by atoms with Gasteiger partial charge in [-0.1, -0.05) is 30.3 Å². The third-order valence-electron chi connectivity index (χ3n) is 3.61. The second kappa shape index (κ2) is 9.43. The van der Waals surface area contributed by atoms with Crippen molar-refractivity contribution in [2.75, 3.05) is 32.8 Å². The first kappa shape index (κ1) is 19.3. The molecule has 0 fully saturated rings. The lowest BCUT2D eigenvalue weighted by Gasteiger charge is -2.15. The fraction of sp³-hybridized carbons (Fsp3) is 0.263. The molecule has 2 aromatic carbocycles. The third-order valence-corrected chi connectivity index (χ3v) is 3.61. The van der Waals surface area contributed by atoms with Crippen LogP contribution in [-0.2, 0) is 16.0 Å². The summed E-state index contributed by atoms with van der Waals surface area (Å²) >= 11 is 0. The zero-order valence-electron chi connectivity index (χ0n) is 14.7. The van der Waals surface area contributed by atoms with E-state index in [1.165, 1.54) is 26.4 Å². The van der Waals surface area contributed by atoms with E-state index in [0.717, 1.165) is 5.56 Å². The number of hydrogen-bond acceptors (Lipinski definition) is 5. The van der Waals surface area contributed by atoms with Gasteiger partial charge in [-0.2, -0.15) is 0 Å². The molecule has 2 rings (SSSR count). The number of ether oxygens (including phenoxy) is 3. The molecule has 0 bridgehead atoms. The summed E-state index contributed by atoms with van der Waals surface area (Å²) in [6.07, 6.45) is 0.694. The van der Waals surface area contributed by atoms with Crippen molar-refractivity contribution in [1.29, 1.82) is 0 Å². The molecule has 0 heterocycles. The summed E-state index contributed by atoms with van der Waals surface area (Å²) in [5, 5.41) is 11.8. The van der Waals surface area contributed by atoms with Crippen molar-refractivity contribution in [2.24, 2.45) is 0 Å². The van der Waals surface area contributed by atoms with Gasteiger partial charge in [0.1, 0.15) is 6.61 Å². The Morgan fingerprint density at radius 1 is 1.08 bits per heavy atom. The van der Waals surface area contributed by atoms with Crippen molar-refractivity contribution >= 4 is 17.6 Å². The van der Waals surface area contributed by atoms with E-state index in [9.17, 15) is 14.7 Å². The number of carboxylic acid groups (broad SMARTS) is 1. The summed E-state index contributed by atoms with van der Waals surface area (Å²) in [5.41, 5.74) is 1.30. The number of amides is 1. The minimum atomic E-state index is -1.14. The minimum Gasteiger partial charge on any atom is -0.493 e. The normalized spacial score (nSPS) is 10.2. The van der Waals surface area contributed by atoms with Crippen LogP contribution in [0, 0.1) is 0 Å². The summed E-state index contributed by atoms with van der Waals surface area (Å²) in [6.45, 7) is 0.239. The maximum atomic E-state index is 12.1. The fourth-order valence-corrected chi connectivity index (χ4v) is 2.37. The monoisotopic (exact) mass is 359 g/mol. The van der Waals surface area contributed by atoms with Gasteiger partial charge in [-0.3, -0.25) is 4.79 Å². The fourth-order valence-electron chi connectivity index (χ4n) is 2.37. The quantitative estimate of drug-likeness (QED) is 0.669. The summed E-state index contributed by atoms with van der Waals surface area (Å²) in [5.74, 6) is -1.09. The molecule has 0 aliphatic carbocycles. The van der Waals surface area contributed by atoms with Gasteiger partial charge in [-0.25, -0.2) is 4.79 Å². The molecule has 0 saturated carbocycles. The molecule has 138 valence electrons. The Morgan fingerprint density at radius 3 is 2.42 bits per heavy atom. The van der Waals surface area contributed by atoms with E-state index >= 15 is 0 Å². The number of aromatic carboxylic acids is 1. The SMILES string of the molecule is COc1cc(C(=O)O)cc(NC(=O)COCCc2ccccc2)c1OC. The van der Waals surface area contributed by atoms with Gasteiger partial charge in [0.15, 0.2) is 11.5 Å². The first-order chi connectivity index (χ1) is 12.5. The number of carbonyl (C=O) groups is 2. The Labute approximate surface area is 151 Å². The van der Waals surface area contributed by atoms with Crippen LogP contribution in [0.1, 0.15) is 15.9 Å². The molecule has 0 spiro atoms. The van der Waals surface area contributed by atoms with Gasteiger partial charge in [0.25, 0.3) is 0 Å². The molecule has 7 heteroatoms. The first-order valence-electron chi connectivity index (χ1n) is 7.96. The summed E-state index contributed by atoms with van der Waals surface area (Å²) in [7, 11) is 2.80. The van der Waals surface area contributed by atoms with Gasteiger partial charge in [-0.05, 0) is 24.1 Å². The van der Waals surface area contributed by atoms with Crippen molar-refractivity contribution in [1.82, 2.24) is 0 Å². The number of methoxy groups -OCH3 is 2. The highest BCUT2D eigenvalue weighted by Crippen LogP contribution is 2.36. The second-order valence-electron chi connectivity index (χ2n) is 5.40. The van der Waals surface area contributed by atoms with Gasteiger partial charge in [0.2, 0.25) is 5.91 Å². The van der Waals surface area contributed by atoms with Crippen LogP contribution in [0.25, 0.3) is 0 Å². The van der Waals surface area contributed by atoms with Gasteiger partial charge in [-0.15, -0.1) is 0 Å². The lowest BCUT2D eigenvalue weighted by molar-refractivity contribution is -0.120. The highest BCUT2D eigenvalue weighted by atomic mass is 16.5. The van der Waals surface area contributed by atoms with E-state index in [-0.39, 0.29) is 29.4 Å². The van der Waals surface area contributed by atoms with Gasteiger partial charge < -0.3 is 24.6 Å². The van der Waals surface area contributed by atoms with Crippen molar-refractivity contribution < 1.29 is 28.9 Å². The maximum Gasteiger partial charge on any atom is 0.335 e. The van der Waals surface area contributed by atoms with Crippen LogP contribution in [-0.4, -0.2) is 44.4 Å². The predicted octanol–water partition coefficient (Wildman–Crippen LogP) is 2.60. The molecule has 26 heavy (non-hydrogen) atoms. The number of hydrogen-bond donors (Lipinski definition) is 2. The predicted molar refractivity (Wildman–Crippen MR) is 96.1 cm³/mol. The van der Waals surface area contributed by atoms with E-state index in [4.69, 9.17) is 14.2 Å². The van der Waals surface area contributed by atoms with Crippen molar-refractivity contribution in [3.05, 3.63) is 53.6 Å². The molecule has 0 radical (unpaired) electrons. The molecular weight excluding hydrogens is 338 g/mol. The van der Waals surface area contributed by atoms with Gasteiger partial charge in [0.05, 0.1) is 32.1 Å². The Bertz CT molecular complexity index is 760. The van der Waals surface area contributed by atoms with E-state index in [1.807, 2.05) is 30.3 Å². The van der Waals surface area contributed by atoms with Crippen molar-refractivity contribution in [3.8, 4) is 11.5 Å². The lowest BCUT2D eigenvalue weighted by atomic mass is 10.1. The van der Waals surface area contributed by atoms with Crippen LogP contribution in [0.4, 0.5) is 5.69 Å². The topological polar surface area (TPSA) is 94.1 Å². The first-order valence-corrected chi connectivity index (χ1v) is 7.96. The molecule has 0 saturated heterocycles. The van der Waals surface area contributed by atoms with Crippen LogP contribution in [0.2, 0.25) is 0 Å². The molecule has 0 atom stereocenters. The number of carboxylic acids is 1. The van der Waals surface area contributed by atoms with Crippen LogP contribution < -0.4 is 14.8 Å². The van der Waals surface area contributed by atoms with Crippen LogP contribution in [0.15, 0.2) is 42.5 Å². The van der Waals surface area contributed by atoms with Gasteiger partial charge >= 0.3 is 5.97 Å².